The number of aromatic nitrogens is 3. The largest absolute Gasteiger partial charge is 0.381 e. The first-order valence-electron chi connectivity index (χ1n) is 14.1. The zero-order valence-corrected chi connectivity index (χ0v) is 23.0. The van der Waals surface area contributed by atoms with E-state index in [9.17, 15) is 4.79 Å². The van der Waals surface area contributed by atoms with Crippen molar-refractivity contribution in [2.45, 2.75) is 70.0 Å². The van der Waals surface area contributed by atoms with E-state index in [0.717, 1.165) is 57.5 Å². The highest BCUT2D eigenvalue weighted by atomic mass is 35.5. The van der Waals surface area contributed by atoms with E-state index in [2.05, 4.69) is 37.6 Å². The Morgan fingerprint density at radius 1 is 1.08 bits per heavy atom. The van der Waals surface area contributed by atoms with Crippen molar-refractivity contribution >= 4 is 40.5 Å². The van der Waals surface area contributed by atoms with Crippen LogP contribution in [-0.4, -0.2) is 71.5 Å². The number of halogens is 2. The van der Waals surface area contributed by atoms with E-state index in [0.29, 0.717) is 16.5 Å². The van der Waals surface area contributed by atoms with Gasteiger partial charge in [0.15, 0.2) is 5.82 Å². The number of nitrogens with one attached hydrogen (secondary N) is 2. The van der Waals surface area contributed by atoms with Gasteiger partial charge in [-0.05, 0) is 25.8 Å². The second-order valence-electron chi connectivity index (χ2n) is 11.0. The minimum atomic E-state index is -1.09. The van der Waals surface area contributed by atoms with Crippen LogP contribution in [0.3, 0.4) is 0 Å². The van der Waals surface area contributed by atoms with Gasteiger partial charge in [-0.2, -0.15) is 5.10 Å². The Bertz CT molecular complexity index is 1110. The first kappa shape index (κ1) is 27.0. The number of hydrogen-bond acceptors (Lipinski definition) is 7. The number of nitrogen functional groups attached to an aromatic ring is 1. The number of hydrogen-bond donors (Lipinski definition) is 3. The maximum atomic E-state index is 15.5. The molecule has 3 aliphatic rings. The highest BCUT2D eigenvalue weighted by molar-refractivity contribution is 6.34. The molecule has 1 saturated carbocycles. The van der Waals surface area contributed by atoms with Crippen LogP contribution in [0.5, 0.6) is 0 Å². The molecule has 2 aromatic heterocycles. The normalized spacial score (nSPS) is 23.9. The number of carbonyl (C=O) groups excluding carboxylic acids is 1. The van der Waals surface area contributed by atoms with Gasteiger partial charge >= 0.3 is 0 Å². The van der Waals surface area contributed by atoms with Crippen LogP contribution in [0, 0.1) is 5.92 Å². The molecule has 2 fully saturated rings. The van der Waals surface area contributed by atoms with Crippen LogP contribution in [0.1, 0.15) is 74.2 Å². The summed E-state index contributed by atoms with van der Waals surface area (Å²) in [5.41, 5.74) is 7.84. The van der Waals surface area contributed by atoms with Gasteiger partial charge < -0.3 is 26.2 Å². The number of piperazine rings is 1. The summed E-state index contributed by atoms with van der Waals surface area (Å²) in [7, 11) is 2.09. The third kappa shape index (κ3) is 5.71. The zero-order chi connectivity index (χ0) is 26.6. The molecular formula is C27H40ClFN8O. The van der Waals surface area contributed by atoms with Crippen molar-refractivity contribution < 1.29 is 9.18 Å². The Morgan fingerprint density at radius 2 is 1.74 bits per heavy atom. The third-order valence-corrected chi connectivity index (χ3v) is 8.63. The fourth-order valence-electron chi connectivity index (χ4n) is 6.26. The number of likely N-dealkylation sites (N-methyl/N-ethyl adjacent to an activating group) is 1. The van der Waals surface area contributed by atoms with E-state index in [1.54, 1.807) is 17.1 Å². The summed E-state index contributed by atoms with van der Waals surface area (Å²) in [6.45, 7) is 3.51. The molecule has 2 atom stereocenters. The minimum Gasteiger partial charge on any atom is -0.381 e. The van der Waals surface area contributed by atoms with Gasteiger partial charge in [-0.15, -0.1) is 0 Å². The lowest BCUT2D eigenvalue weighted by Gasteiger charge is -2.36. The number of rotatable bonds is 4. The number of carbonyl (C=O) groups is 1. The van der Waals surface area contributed by atoms with Crippen LogP contribution in [0.4, 0.5) is 27.4 Å². The predicted molar refractivity (Wildman–Crippen MR) is 151 cm³/mol. The van der Waals surface area contributed by atoms with Crippen molar-refractivity contribution in [3.63, 3.8) is 0 Å². The van der Waals surface area contributed by atoms with Crippen molar-refractivity contribution in [2.24, 2.45) is 5.92 Å². The number of nitrogens with zero attached hydrogens (tertiary/aromatic N) is 5. The Balaban J connectivity index is 1.41. The molecule has 4 N–H and O–H groups in total. The molecule has 5 rings (SSSR count). The quantitative estimate of drug-likeness (QED) is 0.497. The van der Waals surface area contributed by atoms with Gasteiger partial charge in [-0.3, -0.25) is 9.78 Å². The molecule has 38 heavy (non-hydrogen) atoms. The van der Waals surface area contributed by atoms with Gasteiger partial charge in [0.1, 0.15) is 17.6 Å². The van der Waals surface area contributed by atoms with E-state index in [-0.39, 0.29) is 23.8 Å². The molecular weight excluding hydrogens is 507 g/mol. The van der Waals surface area contributed by atoms with Crippen LogP contribution >= 0.6 is 11.6 Å². The van der Waals surface area contributed by atoms with Crippen molar-refractivity contribution in [1.82, 2.24) is 19.7 Å². The van der Waals surface area contributed by atoms with E-state index >= 15 is 4.39 Å². The van der Waals surface area contributed by atoms with Crippen LogP contribution in [-0.2, 0) is 0 Å². The Kier molecular flexibility index (Phi) is 8.57. The number of nitrogens with two attached hydrogens (primary N) is 1. The summed E-state index contributed by atoms with van der Waals surface area (Å²) < 4.78 is 17.1. The fraction of sp³-hybridized carbons (Fsp3) is 0.667. The van der Waals surface area contributed by atoms with Gasteiger partial charge in [0.2, 0.25) is 0 Å². The standard InChI is InChI=1S/C27H40ClFN8O/c1-35-11-13-36(14-12-35)24-19(28)15-31-17-21(24)33-27(38)22-25(30)34-37-23(20(29)16-32-26(22)37)18-9-7-5-3-2-4-6-8-10-18/h15,17-18,20,23,32H,2-14,16H2,1H3,(H2,30,34)(H,33,38). The lowest BCUT2D eigenvalue weighted by Crippen LogP contribution is -2.45. The Hall–Kier alpha value is -2.59. The van der Waals surface area contributed by atoms with Gasteiger partial charge in [0, 0.05) is 38.9 Å². The van der Waals surface area contributed by atoms with Gasteiger partial charge in [-0.1, -0.05) is 56.5 Å². The average molecular weight is 547 g/mol. The predicted octanol–water partition coefficient (Wildman–Crippen LogP) is 4.96. The number of pyridine rings is 1. The molecule has 1 aliphatic carbocycles. The molecule has 2 aromatic rings. The first-order valence-corrected chi connectivity index (χ1v) is 14.5. The monoisotopic (exact) mass is 546 g/mol. The molecule has 9 nitrogen and oxygen atoms in total. The molecule has 2 unspecified atom stereocenters. The summed E-state index contributed by atoms with van der Waals surface area (Å²) in [6.07, 6.45) is 12.4. The number of fused-ring (bicyclic) bond motifs is 1. The Morgan fingerprint density at radius 3 is 2.42 bits per heavy atom. The highest BCUT2D eigenvalue weighted by Crippen LogP contribution is 2.41. The minimum absolute atomic E-state index is 0.0973. The topological polar surface area (TPSA) is 104 Å². The maximum absolute atomic E-state index is 15.5. The summed E-state index contributed by atoms with van der Waals surface area (Å²) in [4.78, 5) is 22.3. The van der Waals surface area contributed by atoms with Crippen molar-refractivity contribution in [3.8, 4) is 0 Å². The molecule has 11 heteroatoms. The SMILES string of the molecule is CN1CCN(c2c(Cl)cncc2NC(=O)c2c(N)nn3c2NCC(F)C3C2CCCCCCCCC2)CC1. The summed E-state index contributed by atoms with van der Waals surface area (Å²) in [6, 6.07) is -0.428. The van der Waals surface area contributed by atoms with Crippen LogP contribution < -0.4 is 21.3 Å². The molecule has 1 saturated heterocycles. The summed E-state index contributed by atoms with van der Waals surface area (Å²) in [5.74, 6) is 0.352. The zero-order valence-electron chi connectivity index (χ0n) is 22.3. The second-order valence-corrected chi connectivity index (χ2v) is 11.4. The average Bonchev–Trinajstić information content (AvgIpc) is 3.24. The van der Waals surface area contributed by atoms with E-state index < -0.39 is 18.1 Å². The number of anilines is 4. The third-order valence-electron chi connectivity index (χ3n) is 8.36. The smallest absolute Gasteiger partial charge is 0.263 e. The van der Waals surface area contributed by atoms with Gasteiger partial charge in [0.05, 0.1) is 28.6 Å². The summed E-state index contributed by atoms with van der Waals surface area (Å²) in [5, 5.41) is 11.1. The molecule has 208 valence electrons. The second kappa shape index (κ2) is 12.1. The number of alkyl halides is 1. The van der Waals surface area contributed by atoms with Crippen LogP contribution in [0.15, 0.2) is 12.4 Å². The van der Waals surface area contributed by atoms with Gasteiger partial charge in [-0.25, -0.2) is 9.07 Å². The molecule has 2 aliphatic heterocycles. The first-order chi connectivity index (χ1) is 18.4. The van der Waals surface area contributed by atoms with E-state index in [4.69, 9.17) is 17.3 Å². The summed E-state index contributed by atoms with van der Waals surface area (Å²) >= 11 is 6.56. The molecule has 1 amide bonds. The lowest BCUT2D eigenvalue weighted by atomic mass is 9.84. The van der Waals surface area contributed by atoms with Crippen LogP contribution in [0.2, 0.25) is 5.02 Å². The molecule has 0 spiro atoms. The highest BCUT2D eigenvalue weighted by Gasteiger charge is 2.39. The number of amides is 1. The molecule has 4 heterocycles. The van der Waals surface area contributed by atoms with Crippen molar-refractivity contribution in [2.75, 3.05) is 61.0 Å². The van der Waals surface area contributed by atoms with E-state index in [1.165, 1.54) is 32.1 Å². The van der Waals surface area contributed by atoms with Crippen molar-refractivity contribution in [3.05, 3.63) is 23.0 Å². The van der Waals surface area contributed by atoms with Gasteiger partial charge in [0.25, 0.3) is 5.91 Å². The maximum Gasteiger partial charge on any atom is 0.263 e. The molecule has 0 radical (unpaired) electrons. The fourth-order valence-corrected chi connectivity index (χ4v) is 6.54. The molecule has 0 aromatic carbocycles. The van der Waals surface area contributed by atoms with Crippen molar-refractivity contribution in [1.29, 1.82) is 0 Å². The van der Waals surface area contributed by atoms with Crippen LogP contribution in [0.25, 0.3) is 0 Å². The van der Waals surface area contributed by atoms with E-state index in [1.807, 2.05) is 0 Å². The Labute approximate surface area is 229 Å². The lowest BCUT2D eigenvalue weighted by molar-refractivity contribution is 0.102. The molecule has 0 bridgehead atoms.